The number of rotatable bonds is 12. The molecule has 0 bridgehead atoms. The van der Waals surface area contributed by atoms with Crippen molar-refractivity contribution in [3.8, 4) is 22.9 Å². The van der Waals surface area contributed by atoms with E-state index < -0.39 is 54.0 Å². The third kappa shape index (κ3) is 8.39. The second kappa shape index (κ2) is 16.1. The first-order valence-corrected chi connectivity index (χ1v) is 15.7. The molecule has 0 spiro atoms. The number of methoxy groups -OCH3 is 1. The number of amides is 2. The number of carboxylic acid groups (broad SMARTS) is 1. The molecule has 3 atom stereocenters. The van der Waals surface area contributed by atoms with Crippen molar-refractivity contribution in [1.82, 2.24) is 14.8 Å². The van der Waals surface area contributed by atoms with Crippen LogP contribution in [0, 0.1) is 11.3 Å². The summed E-state index contributed by atoms with van der Waals surface area (Å²) in [6, 6.07) is 11.0. The highest BCUT2D eigenvalue weighted by Gasteiger charge is 2.30. The number of carbonyl (C=O) groups excluding carboxylic acids is 3. The zero-order valence-corrected chi connectivity index (χ0v) is 27.5. The van der Waals surface area contributed by atoms with Gasteiger partial charge in [-0.2, -0.15) is 5.26 Å². The molecule has 13 nitrogen and oxygen atoms in total. The molecule has 2 unspecified atom stereocenters. The third-order valence-electron chi connectivity index (χ3n) is 8.14. The number of carbonyl (C=O) groups is 4. The molecule has 14 heteroatoms. The highest BCUT2D eigenvalue weighted by molar-refractivity contribution is 6.31. The zero-order chi connectivity index (χ0) is 35.0. The van der Waals surface area contributed by atoms with E-state index in [2.05, 4.69) is 16.7 Å². The molecule has 0 radical (unpaired) electrons. The minimum absolute atomic E-state index is 0.0943. The summed E-state index contributed by atoms with van der Waals surface area (Å²) in [5.74, 6) is -2.83. The highest BCUT2D eigenvalue weighted by Crippen LogP contribution is 2.33. The number of hydrogen-bond donors (Lipinski definition) is 3. The molecular weight excluding hydrogens is 642 g/mol. The molecule has 4 rings (SSSR count). The second-order valence-electron chi connectivity index (χ2n) is 11.3. The van der Waals surface area contributed by atoms with Crippen molar-refractivity contribution in [2.75, 3.05) is 32.6 Å². The maximum atomic E-state index is 13.3. The Balaban J connectivity index is 1.42. The largest absolute Gasteiger partial charge is 0.495 e. The summed E-state index contributed by atoms with van der Waals surface area (Å²) in [6.07, 6.45) is 4.09. The molecule has 2 aromatic carbocycles. The van der Waals surface area contributed by atoms with Gasteiger partial charge in [0.2, 0.25) is 11.8 Å². The maximum absolute atomic E-state index is 13.3. The number of aliphatic carboxylic acids is 1. The standard InChI is InChI=1S/C34H36ClN5O8/c1-4-27(40-18-29(47-3)25(16-30(40)41)24-15-22(35)11-8-21(24)17-36)31(42)37-23-12-9-20(10-13-23)34(46)48-19-26(33(44)45)38-32(43)28-7-5-6-14-39(28)2/h8-13,15-16,18,26-28H,4-7,14,19H2,1-3H3,(H,37,42)(H,38,43)(H,44,45)/t26?,27?,28-/m1/s1. The van der Waals surface area contributed by atoms with E-state index in [4.69, 9.17) is 21.1 Å². The van der Waals surface area contributed by atoms with Gasteiger partial charge in [0.05, 0.1) is 36.5 Å². The van der Waals surface area contributed by atoms with Crippen molar-refractivity contribution >= 4 is 41.0 Å². The topological polar surface area (TPSA) is 180 Å². The number of pyridine rings is 1. The quantitative estimate of drug-likeness (QED) is 0.238. The molecule has 48 heavy (non-hydrogen) atoms. The molecule has 1 aliphatic rings. The molecule has 2 heterocycles. The van der Waals surface area contributed by atoms with Gasteiger partial charge in [-0.3, -0.25) is 23.9 Å². The van der Waals surface area contributed by atoms with Crippen LogP contribution in [0.1, 0.15) is 54.6 Å². The molecule has 1 aliphatic heterocycles. The fourth-order valence-corrected chi connectivity index (χ4v) is 5.67. The summed E-state index contributed by atoms with van der Waals surface area (Å²) in [6.45, 7) is 1.90. The Morgan fingerprint density at radius 2 is 1.83 bits per heavy atom. The Morgan fingerprint density at radius 1 is 1.10 bits per heavy atom. The SMILES string of the molecule is CCC(C(=O)Nc1ccc(C(=O)OCC(NC(=O)[C@H]2CCCCN2C)C(=O)O)cc1)n1cc(OC)c(-c2cc(Cl)ccc2C#N)cc1=O. The molecule has 0 saturated carbocycles. The third-order valence-corrected chi connectivity index (χ3v) is 8.37. The molecule has 1 aromatic heterocycles. The number of carboxylic acids is 1. The van der Waals surface area contributed by atoms with Gasteiger partial charge in [0, 0.05) is 27.9 Å². The van der Waals surface area contributed by atoms with Crippen LogP contribution in [0.3, 0.4) is 0 Å². The summed E-state index contributed by atoms with van der Waals surface area (Å²) < 4.78 is 11.9. The summed E-state index contributed by atoms with van der Waals surface area (Å²) in [5, 5.41) is 24.7. The predicted molar refractivity (Wildman–Crippen MR) is 177 cm³/mol. The summed E-state index contributed by atoms with van der Waals surface area (Å²) in [7, 11) is 3.21. The predicted octanol–water partition coefficient (Wildman–Crippen LogP) is 3.85. The Hall–Kier alpha value is -5.19. The summed E-state index contributed by atoms with van der Waals surface area (Å²) in [4.78, 5) is 65.5. The minimum atomic E-state index is -1.42. The molecule has 3 aromatic rings. The average molecular weight is 678 g/mol. The number of benzene rings is 2. The van der Waals surface area contributed by atoms with E-state index in [-0.39, 0.29) is 17.7 Å². The van der Waals surface area contributed by atoms with E-state index in [1.165, 1.54) is 48.2 Å². The molecule has 1 saturated heterocycles. The van der Waals surface area contributed by atoms with Gasteiger partial charge >= 0.3 is 11.9 Å². The van der Waals surface area contributed by atoms with Gasteiger partial charge in [0.25, 0.3) is 5.56 Å². The Kier molecular flexibility index (Phi) is 11.9. The zero-order valence-electron chi connectivity index (χ0n) is 26.7. The van der Waals surface area contributed by atoms with Gasteiger partial charge in [-0.15, -0.1) is 0 Å². The van der Waals surface area contributed by atoms with E-state index >= 15 is 0 Å². The molecule has 2 amide bonds. The molecule has 0 aliphatic carbocycles. The van der Waals surface area contributed by atoms with Crippen molar-refractivity contribution in [1.29, 1.82) is 5.26 Å². The van der Waals surface area contributed by atoms with E-state index in [1.54, 1.807) is 32.2 Å². The number of nitrogens with one attached hydrogen (secondary N) is 2. The van der Waals surface area contributed by atoms with Gasteiger partial charge < -0.3 is 25.2 Å². The summed E-state index contributed by atoms with van der Waals surface area (Å²) >= 11 is 6.14. The molecule has 3 N–H and O–H groups in total. The van der Waals surface area contributed by atoms with Crippen LogP contribution in [0.15, 0.2) is 59.5 Å². The van der Waals surface area contributed by atoms with Crippen LogP contribution in [0.5, 0.6) is 5.75 Å². The molecule has 252 valence electrons. The minimum Gasteiger partial charge on any atom is -0.495 e. The first kappa shape index (κ1) is 35.7. The second-order valence-corrected chi connectivity index (χ2v) is 11.7. The average Bonchev–Trinajstić information content (AvgIpc) is 3.07. The fourth-order valence-electron chi connectivity index (χ4n) is 5.50. The van der Waals surface area contributed by atoms with Crippen LogP contribution in [0.25, 0.3) is 11.1 Å². The highest BCUT2D eigenvalue weighted by atomic mass is 35.5. The normalized spacial score (nSPS) is 15.8. The van der Waals surface area contributed by atoms with Crippen molar-refractivity contribution in [2.24, 2.45) is 0 Å². The van der Waals surface area contributed by atoms with Crippen molar-refractivity contribution in [2.45, 2.75) is 50.7 Å². The number of nitriles is 1. The first-order chi connectivity index (χ1) is 23.0. The maximum Gasteiger partial charge on any atom is 0.338 e. The number of halogens is 1. The van der Waals surface area contributed by atoms with Gasteiger partial charge in [0.15, 0.2) is 6.04 Å². The lowest BCUT2D eigenvalue weighted by Gasteiger charge is -2.32. The lowest BCUT2D eigenvalue weighted by Crippen LogP contribution is -2.53. The van der Waals surface area contributed by atoms with E-state index in [1.807, 2.05) is 4.90 Å². The fraction of sp³-hybridized carbons (Fsp3) is 0.353. The number of likely N-dealkylation sites (N-methyl/N-ethyl adjacent to an activating group) is 1. The van der Waals surface area contributed by atoms with Gasteiger partial charge in [-0.25, -0.2) is 9.59 Å². The number of hydrogen-bond acceptors (Lipinski definition) is 9. The number of nitrogens with zero attached hydrogens (tertiary/aromatic N) is 3. The van der Waals surface area contributed by atoms with Gasteiger partial charge in [0.1, 0.15) is 18.4 Å². The van der Waals surface area contributed by atoms with Crippen LogP contribution in [0.2, 0.25) is 5.02 Å². The van der Waals surface area contributed by atoms with E-state index in [0.29, 0.717) is 33.8 Å². The number of likely N-dealkylation sites (tertiary alicyclic amines) is 1. The lowest BCUT2D eigenvalue weighted by atomic mass is 10.00. The number of aromatic nitrogens is 1. The number of ether oxygens (including phenoxy) is 2. The summed E-state index contributed by atoms with van der Waals surface area (Å²) in [5.41, 5.74) is 0.981. The Bertz CT molecular complexity index is 1790. The van der Waals surface area contributed by atoms with E-state index in [0.717, 1.165) is 19.4 Å². The molecule has 1 fully saturated rings. The Labute approximate surface area is 282 Å². The van der Waals surface area contributed by atoms with Crippen LogP contribution in [-0.4, -0.2) is 77.7 Å². The first-order valence-electron chi connectivity index (χ1n) is 15.3. The lowest BCUT2D eigenvalue weighted by molar-refractivity contribution is -0.144. The van der Waals surface area contributed by atoms with Crippen LogP contribution in [0.4, 0.5) is 5.69 Å². The number of anilines is 1. The Morgan fingerprint density at radius 3 is 2.46 bits per heavy atom. The van der Waals surface area contributed by atoms with Crippen molar-refractivity contribution < 1.29 is 33.8 Å². The number of esters is 1. The van der Waals surface area contributed by atoms with Crippen molar-refractivity contribution in [3.05, 3.63) is 81.2 Å². The van der Waals surface area contributed by atoms with E-state index in [9.17, 15) is 34.3 Å². The van der Waals surface area contributed by atoms with Crippen LogP contribution >= 0.6 is 11.6 Å². The van der Waals surface area contributed by atoms with Gasteiger partial charge in [-0.05, 0) is 75.3 Å². The molecular formula is C34H36ClN5O8. The number of piperidine rings is 1. The monoisotopic (exact) mass is 677 g/mol. The van der Waals surface area contributed by atoms with Crippen LogP contribution in [-0.2, 0) is 19.1 Å². The van der Waals surface area contributed by atoms with Crippen molar-refractivity contribution in [3.63, 3.8) is 0 Å². The van der Waals surface area contributed by atoms with Gasteiger partial charge in [-0.1, -0.05) is 24.9 Å². The van der Waals surface area contributed by atoms with Crippen LogP contribution < -0.4 is 20.9 Å². The smallest absolute Gasteiger partial charge is 0.338 e.